The van der Waals surface area contributed by atoms with Crippen LogP contribution in [-0.2, 0) is 17.8 Å². The van der Waals surface area contributed by atoms with Gasteiger partial charge in [0.15, 0.2) is 0 Å². The van der Waals surface area contributed by atoms with Gasteiger partial charge in [-0.3, -0.25) is 14.5 Å². The molecule has 0 aromatic heterocycles. The second-order valence-electron chi connectivity index (χ2n) is 12.3. The van der Waals surface area contributed by atoms with E-state index in [4.69, 9.17) is 10.8 Å². The number of nitriles is 1. The van der Waals surface area contributed by atoms with E-state index in [1.54, 1.807) is 23.1 Å². The van der Waals surface area contributed by atoms with Crippen molar-refractivity contribution in [2.75, 3.05) is 32.7 Å². The molecule has 0 radical (unpaired) electrons. The number of fused-ring (bicyclic) bond motifs is 1. The van der Waals surface area contributed by atoms with Crippen molar-refractivity contribution >= 4 is 23.2 Å². The van der Waals surface area contributed by atoms with E-state index in [1.165, 1.54) is 17.0 Å². The number of carbonyl (C=O) groups is 2. The molecule has 0 spiro atoms. The average Bonchev–Trinajstić information content (AvgIpc) is 3.38. The molecule has 224 valence electrons. The van der Waals surface area contributed by atoms with Crippen LogP contribution in [0.1, 0.15) is 47.8 Å². The fraction of sp³-hybridized carbons (Fsp3) is 0.406. The van der Waals surface area contributed by atoms with Crippen molar-refractivity contribution in [3.63, 3.8) is 0 Å². The number of likely N-dealkylation sites (tertiary alicyclic amines) is 1. The molecular weight excluding hydrogens is 552 g/mol. The first kappa shape index (κ1) is 30.2. The Kier molecular flexibility index (Phi) is 8.27. The molecule has 11 heteroatoms. The summed E-state index contributed by atoms with van der Waals surface area (Å²) >= 11 is 0. The summed E-state index contributed by atoms with van der Waals surface area (Å²) in [5.41, 5.74) is 1.95. The van der Waals surface area contributed by atoms with Crippen molar-refractivity contribution in [1.82, 2.24) is 20.0 Å². The van der Waals surface area contributed by atoms with E-state index >= 15 is 0 Å². The van der Waals surface area contributed by atoms with Crippen LogP contribution >= 0.6 is 0 Å². The maximum Gasteiger partial charge on any atom is 0.254 e. The number of benzene rings is 2. The molecule has 3 heterocycles. The normalized spacial score (nSPS) is 22.7. The minimum atomic E-state index is -0.748. The first-order valence-corrected chi connectivity index (χ1v) is 14.3. The SMILES string of the molecule is C[C@@H]1CN(CC(=O)N2CC(C)(C)C(=N)/C2=C\C(=N)Cc2ccc(F)cc2F)[C@@H](CN2Cc3cc(C#N)ccc3C2=O)CN1. The molecule has 2 amide bonds. The van der Waals surface area contributed by atoms with Crippen molar-refractivity contribution in [3.8, 4) is 6.07 Å². The first-order chi connectivity index (χ1) is 20.4. The lowest BCUT2D eigenvalue weighted by Crippen LogP contribution is -2.60. The van der Waals surface area contributed by atoms with Crippen LogP contribution in [0, 0.1) is 39.2 Å². The predicted molar refractivity (Wildman–Crippen MR) is 158 cm³/mol. The van der Waals surface area contributed by atoms with Gasteiger partial charge >= 0.3 is 0 Å². The molecule has 2 atom stereocenters. The van der Waals surface area contributed by atoms with E-state index in [-0.39, 0.29) is 60.4 Å². The maximum atomic E-state index is 14.2. The molecule has 0 bridgehead atoms. The first-order valence-electron chi connectivity index (χ1n) is 14.3. The largest absolute Gasteiger partial charge is 0.333 e. The molecule has 0 aliphatic carbocycles. The summed E-state index contributed by atoms with van der Waals surface area (Å²) in [6, 6.07) is 10.4. The Morgan fingerprint density at radius 2 is 2.00 bits per heavy atom. The number of piperazine rings is 1. The van der Waals surface area contributed by atoms with Crippen LogP contribution in [0.15, 0.2) is 48.2 Å². The molecule has 2 aromatic carbocycles. The zero-order chi connectivity index (χ0) is 31.1. The third-order valence-electron chi connectivity index (χ3n) is 8.39. The maximum absolute atomic E-state index is 14.2. The minimum absolute atomic E-state index is 0.00102. The monoisotopic (exact) mass is 587 g/mol. The number of hydrogen-bond acceptors (Lipinski definition) is 7. The Hall–Kier alpha value is -4.27. The van der Waals surface area contributed by atoms with Crippen LogP contribution in [0.2, 0.25) is 0 Å². The molecule has 3 aliphatic heterocycles. The van der Waals surface area contributed by atoms with Crippen LogP contribution < -0.4 is 5.32 Å². The molecule has 2 saturated heterocycles. The summed E-state index contributed by atoms with van der Waals surface area (Å²) in [5, 5.41) is 29.9. The summed E-state index contributed by atoms with van der Waals surface area (Å²) in [4.78, 5) is 32.3. The fourth-order valence-electron chi connectivity index (χ4n) is 6.02. The second-order valence-corrected chi connectivity index (χ2v) is 12.3. The van der Waals surface area contributed by atoms with Gasteiger partial charge < -0.3 is 25.9 Å². The highest BCUT2D eigenvalue weighted by atomic mass is 19.1. The summed E-state index contributed by atoms with van der Waals surface area (Å²) in [6.45, 7) is 8.05. The van der Waals surface area contributed by atoms with Gasteiger partial charge in [-0.05, 0) is 48.4 Å². The molecule has 9 nitrogen and oxygen atoms in total. The Morgan fingerprint density at radius 1 is 1.23 bits per heavy atom. The van der Waals surface area contributed by atoms with Crippen LogP contribution in [0.5, 0.6) is 0 Å². The summed E-state index contributed by atoms with van der Waals surface area (Å²) in [7, 11) is 0. The van der Waals surface area contributed by atoms with Crippen molar-refractivity contribution in [1.29, 1.82) is 16.1 Å². The summed E-state index contributed by atoms with van der Waals surface area (Å²) in [6.07, 6.45) is 1.33. The lowest BCUT2D eigenvalue weighted by molar-refractivity contribution is -0.131. The molecular formula is C32H35F2N7O2. The van der Waals surface area contributed by atoms with Gasteiger partial charge in [0.25, 0.3) is 5.91 Å². The lowest BCUT2D eigenvalue weighted by Gasteiger charge is -2.41. The van der Waals surface area contributed by atoms with Crippen LogP contribution in [0.25, 0.3) is 0 Å². The standard InChI is InChI=1S/C32H35F2N7O2/c1-19-14-39(25(13-38-19)16-40-15-22-8-20(12-35)4-7-26(22)31(40)43)17-29(42)41-18-32(2,3)30(37)28(41)11-24(36)9-21-5-6-23(33)10-27(21)34/h4-8,10-11,19,25,36-38H,9,13-18H2,1-3H3/b28-11+,36-24?,37-30?/t19-,25-/m1/s1. The van der Waals surface area contributed by atoms with Gasteiger partial charge in [0.2, 0.25) is 5.91 Å². The third kappa shape index (κ3) is 6.26. The number of rotatable bonds is 7. The van der Waals surface area contributed by atoms with E-state index in [0.717, 1.165) is 17.7 Å². The van der Waals surface area contributed by atoms with E-state index < -0.39 is 17.0 Å². The van der Waals surface area contributed by atoms with Crippen molar-refractivity contribution in [2.24, 2.45) is 5.41 Å². The minimum Gasteiger partial charge on any atom is -0.333 e. The zero-order valence-electron chi connectivity index (χ0n) is 24.5. The summed E-state index contributed by atoms with van der Waals surface area (Å²) in [5.74, 6) is -1.77. The highest BCUT2D eigenvalue weighted by molar-refractivity contribution is 6.12. The Balaban J connectivity index is 1.31. The van der Waals surface area contributed by atoms with Gasteiger partial charge in [-0.2, -0.15) is 5.26 Å². The third-order valence-corrected chi connectivity index (χ3v) is 8.39. The van der Waals surface area contributed by atoms with Crippen LogP contribution in [0.3, 0.4) is 0 Å². The van der Waals surface area contributed by atoms with E-state index in [1.807, 2.05) is 20.8 Å². The molecule has 0 saturated carbocycles. The number of halogens is 2. The van der Waals surface area contributed by atoms with Crippen molar-refractivity contribution < 1.29 is 18.4 Å². The number of nitrogens with zero attached hydrogens (tertiary/aromatic N) is 4. The second kappa shape index (κ2) is 11.8. The summed E-state index contributed by atoms with van der Waals surface area (Å²) < 4.78 is 27.6. The van der Waals surface area contributed by atoms with Gasteiger partial charge in [-0.15, -0.1) is 0 Å². The number of nitrogens with one attached hydrogen (secondary N) is 3. The number of hydrogen-bond donors (Lipinski definition) is 3. The number of amides is 2. The Labute approximate surface area is 249 Å². The van der Waals surface area contributed by atoms with Gasteiger partial charge in [0.05, 0.1) is 29.6 Å². The highest BCUT2D eigenvalue weighted by Gasteiger charge is 2.43. The van der Waals surface area contributed by atoms with Crippen molar-refractivity contribution in [2.45, 2.75) is 45.8 Å². The lowest BCUT2D eigenvalue weighted by atomic mass is 9.89. The Morgan fingerprint density at radius 3 is 2.72 bits per heavy atom. The number of allylic oxidation sites excluding steroid dienone is 2. The zero-order valence-corrected chi connectivity index (χ0v) is 24.5. The topological polar surface area (TPSA) is 127 Å². The van der Waals surface area contributed by atoms with Crippen LogP contribution in [0.4, 0.5) is 8.78 Å². The van der Waals surface area contributed by atoms with Gasteiger partial charge in [0.1, 0.15) is 11.6 Å². The van der Waals surface area contributed by atoms with Gasteiger partial charge in [-0.1, -0.05) is 19.9 Å². The van der Waals surface area contributed by atoms with Gasteiger partial charge in [-0.25, -0.2) is 8.78 Å². The predicted octanol–water partition coefficient (Wildman–Crippen LogP) is 3.49. The Bertz CT molecular complexity index is 1580. The smallest absolute Gasteiger partial charge is 0.254 e. The number of carbonyl (C=O) groups excluding carboxylic acids is 2. The molecule has 2 fully saturated rings. The van der Waals surface area contributed by atoms with E-state index in [2.05, 4.69) is 16.3 Å². The highest BCUT2D eigenvalue weighted by Crippen LogP contribution is 2.34. The fourth-order valence-corrected chi connectivity index (χ4v) is 6.02. The average molecular weight is 588 g/mol. The molecule has 3 aliphatic rings. The quantitative estimate of drug-likeness (QED) is 0.428. The molecule has 2 aromatic rings. The molecule has 0 unspecified atom stereocenters. The molecule has 43 heavy (non-hydrogen) atoms. The van der Waals surface area contributed by atoms with E-state index in [9.17, 15) is 23.6 Å². The molecule has 5 rings (SSSR count). The van der Waals surface area contributed by atoms with Crippen LogP contribution in [-0.4, -0.2) is 82.7 Å². The van der Waals surface area contributed by atoms with E-state index in [0.29, 0.717) is 43.0 Å². The van der Waals surface area contributed by atoms with Gasteiger partial charge in [0, 0.05) is 74.0 Å². The van der Waals surface area contributed by atoms with Crippen molar-refractivity contribution in [3.05, 3.63) is 82.1 Å². The molecule has 3 N–H and O–H groups in total.